The average Bonchev–Trinajstić information content (AvgIpc) is 2.29. The minimum absolute atomic E-state index is 0.781. The summed E-state index contributed by atoms with van der Waals surface area (Å²) in [5.41, 5.74) is 0. The molecular weight excluding hydrogens is 311 g/mol. The van der Waals surface area contributed by atoms with E-state index in [1.54, 1.807) is 0 Å². The zero-order chi connectivity index (χ0) is 11.4. The van der Waals surface area contributed by atoms with Gasteiger partial charge in [-0.15, -0.1) is 0 Å². The zero-order valence-corrected chi connectivity index (χ0v) is 11.5. The number of rotatable bonds is 4. The van der Waals surface area contributed by atoms with Gasteiger partial charge >= 0.3 is 0 Å². The van der Waals surface area contributed by atoms with Crippen molar-refractivity contribution in [1.82, 2.24) is 0 Å². The third-order valence-electron chi connectivity index (χ3n) is 2.44. The van der Waals surface area contributed by atoms with Crippen molar-refractivity contribution in [3.63, 3.8) is 0 Å². The highest BCUT2D eigenvalue weighted by Gasteiger charge is 1.98. The maximum absolute atomic E-state index is 5.63. The molecule has 0 N–H and O–H groups in total. The first-order valence-electron chi connectivity index (χ1n) is 5.54. The highest BCUT2D eigenvalue weighted by atomic mass is 127. The van der Waals surface area contributed by atoms with Crippen molar-refractivity contribution in [2.45, 2.75) is 19.8 Å². The summed E-state index contributed by atoms with van der Waals surface area (Å²) < 4.78 is 6.88. The molecule has 0 aliphatic heterocycles. The lowest BCUT2D eigenvalue weighted by Crippen LogP contribution is -1.96. The van der Waals surface area contributed by atoms with Crippen molar-refractivity contribution in [2.75, 3.05) is 6.61 Å². The Hall–Kier alpha value is -0.770. The molecule has 0 aromatic heterocycles. The van der Waals surface area contributed by atoms with Gasteiger partial charge in [-0.2, -0.15) is 0 Å². The molecule has 2 rings (SSSR count). The van der Waals surface area contributed by atoms with Crippen LogP contribution in [0.2, 0.25) is 0 Å². The van der Waals surface area contributed by atoms with Crippen LogP contribution in [0.4, 0.5) is 0 Å². The van der Waals surface area contributed by atoms with E-state index in [1.807, 2.05) is 6.07 Å². The summed E-state index contributed by atoms with van der Waals surface area (Å²) in [5.74, 6) is 0.849. The minimum Gasteiger partial charge on any atom is -0.493 e. The Bertz CT molecular complexity index is 479. The number of hydrogen-bond acceptors (Lipinski definition) is 1. The predicted octanol–water partition coefficient (Wildman–Crippen LogP) is 4.42. The van der Waals surface area contributed by atoms with Gasteiger partial charge in [-0.1, -0.05) is 25.5 Å². The molecule has 16 heavy (non-hydrogen) atoms. The fourth-order valence-corrected chi connectivity index (χ4v) is 2.05. The summed E-state index contributed by atoms with van der Waals surface area (Å²) in [6.07, 6.45) is 2.25. The van der Waals surface area contributed by atoms with Crippen LogP contribution in [0.5, 0.6) is 5.75 Å². The van der Waals surface area contributed by atoms with E-state index in [9.17, 15) is 0 Å². The Morgan fingerprint density at radius 3 is 2.94 bits per heavy atom. The first kappa shape index (κ1) is 11.7. The molecular formula is C14H14IO. The molecule has 0 heterocycles. The molecule has 0 aliphatic carbocycles. The molecule has 0 aliphatic rings. The molecule has 2 aromatic carbocycles. The van der Waals surface area contributed by atoms with Gasteiger partial charge in [0.2, 0.25) is 0 Å². The predicted molar refractivity (Wildman–Crippen MR) is 75.9 cm³/mol. The Balaban J connectivity index is 2.20. The van der Waals surface area contributed by atoms with Crippen molar-refractivity contribution in [1.29, 1.82) is 0 Å². The van der Waals surface area contributed by atoms with Crippen LogP contribution in [0, 0.1) is 9.64 Å². The summed E-state index contributed by atoms with van der Waals surface area (Å²) in [5, 5.41) is 2.34. The second-order valence-electron chi connectivity index (χ2n) is 3.76. The van der Waals surface area contributed by atoms with Crippen molar-refractivity contribution in [3.05, 3.63) is 40.0 Å². The van der Waals surface area contributed by atoms with Gasteiger partial charge in [0.25, 0.3) is 0 Å². The number of hydrogen-bond donors (Lipinski definition) is 0. The Kier molecular flexibility index (Phi) is 4.04. The van der Waals surface area contributed by atoms with E-state index in [0.717, 1.165) is 30.6 Å². The van der Waals surface area contributed by atoms with Gasteiger partial charge in [0.05, 0.1) is 6.61 Å². The van der Waals surface area contributed by atoms with Gasteiger partial charge in [0.15, 0.2) is 0 Å². The van der Waals surface area contributed by atoms with Crippen LogP contribution in [-0.2, 0) is 0 Å². The number of halogens is 1. The smallest absolute Gasteiger partial charge is 0.127 e. The summed E-state index contributed by atoms with van der Waals surface area (Å²) in [6, 6.07) is 13.7. The van der Waals surface area contributed by atoms with E-state index in [4.69, 9.17) is 4.74 Å². The molecule has 0 unspecified atom stereocenters. The maximum Gasteiger partial charge on any atom is 0.127 e. The van der Waals surface area contributed by atoms with Crippen molar-refractivity contribution >= 4 is 33.4 Å². The van der Waals surface area contributed by atoms with Gasteiger partial charge in [0, 0.05) is 9.64 Å². The van der Waals surface area contributed by atoms with Gasteiger partial charge in [-0.3, -0.25) is 0 Å². The van der Waals surface area contributed by atoms with E-state index >= 15 is 0 Å². The van der Waals surface area contributed by atoms with Crippen molar-refractivity contribution in [2.24, 2.45) is 0 Å². The molecule has 0 spiro atoms. The topological polar surface area (TPSA) is 9.23 Å². The lowest BCUT2D eigenvalue weighted by atomic mass is 10.1. The summed E-state index contributed by atoms with van der Waals surface area (Å²) >= 11 is 2.32. The third-order valence-corrected chi connectivity index (χ3v) is 3.11. The molecule has 83 valence electrons. The second kappa shape index (κ2) is 5.53. The number of fused-ring (bicyclic) bond motifs is 1. The SMILES string of the molecule is CCCCOc1[c]c2ccc(I)cc2cc1. The van der Waals surface area contributed by atoms with Crippen LogP contribution in [0.1, 0.15) is 19.8 Å². The fourth-order valence-electron chi connectivity index (χ4n) is 1.54. The Morgan fingerprint density at radius 2 is 2.12 bits per heavy atom. The Morgan fingerprint density at radius 1 is 1.25 bits per heavy atom. The van der Waals surface area contributed by atoms with Crippen LogP contribution < -0.4 is 4.74 Å². The van der Waals surface area contributed by atoms with Gasteiger partial charge in [-0.25, -0.2) is 0 Å². The normalized spacial score (nSPS) is 10.6. The summed E-state index contributed by atoms with van der Waals surface area (Å²) in [7, 11) is 0. The molecule has 0 atom stereocenters. The standard InChI is InChI=1S/C14H14IO/c1-2-3-8-16-14-7-5-11-9-13(15)6-4-12(11)10-14/h4-7,9H,2-3,8H2,1H3. The van der Waals surface area contributed by atoms with Crippen LogP contribution in [-0.4, -0.2) is 6.61 Å². The molecule has 0 saturated carbocycles. The highest BCUT2D eigenvalue weighted by Crippen LogP contribution is 2.22. The zero-order valence-electron chi connectivity index (χ0n) is 9.29. The number of ether oxygens (including phenoxy) is 1. The largest absolute Gasteiger partial charge is 0.493 e. The Labute approximate surface area is 110 Å². The molecule has 0 saturated heterocycles. The van der Waals surface area contributed by atoms with Crippen LogP contribution in [0.3, 0.4) is 0 Å². The van der Waals surface area contributed by atoms with E-state index in [-0.39, 0.29) is 0 Å². The molecule has 0 amide bonds. The number of unbranched alkanes of at least 4 members (excludes halogenated alkanes) is 1. The molecule has 0 fully saturated rings. The fraction of sp³-hybridized carbons (Fsp3) is 0.286. The van der Waals surface area contributed by atoms with Gasteiger partial charge < -0.3 is 4.74 Å². The summed E-state index contributed by atoms with van der Waals surface area (Å²) in [6.45, 7) is 2.94. The minimum atomic E-state index is 0.781. The molecule has 2 heteroatoms. The monoisotopic (exact) mass is 325 g/mol. The average molecular weight is 325 g/mol. The maximum atomic E-state index is 5.63. The van der Waals surface area contributed by atoms with Crippen LogP contribution >= 0.6 is 22.6 Å². The molecule has 2 aromatic rings. The molecule has 0 bridgehead atoms. The van der Waals surface area contributed by atoms with Crippen molar-refractivity contribution in [3.8, 4) is 5.75 Å². The lowest BCUT2D eigenvalue weighted by Gasteiger charge is -2.06. The third kappa shape index (κ3) is 2.88. The van der Waals surface area contributed by atoms with E-state index < -0.39 is 0 Å². The molecule has 1 radical (unpaired) electrons. The summed E-state index contributed by atoms with van der Waals surface area (Å²) in [4.78, 5) is 0. The van der Waals surface area contributed by atoms with E-state index in [2.05, 4.69) is 59.8 Å². The first-order chi connectivity index (χ1) is 7.79. The van der Waals surface area contributed by atoms with Crippen molar-refractivity contribution < 1.29 is 4.74 Å². The van der Waals surface area contributed by atoms with E-state index in [0.29, 0.717) is 0 Å². The van der Waals surface area contributed by atoms with Gasteiger partial charge in [-0.05, 0) is 58.0 Å². The molecule has 1 nitrogen and oxygen atoms in total. The van der Waals surface area contributed by atoms with E-state index in [1.165, 1.54) is 8.96 Å². The first-order valence-corrected chi connectivity index (χ1v) is 6.62. The number of benzene rings is 2. The quantitative estimate of drug-likeness (QED) is 0.597. The van der Waals surface area contributed by atoms with Crippen LogP contribution in [0.25, 0.3) is 10.8 Å². The highest BCUT2D eigenvalue weighted by molar-refractivity contribution is 14.1. The van der Waals surface area contributed by atoms with Gasteiger partial charge in [0.1, 0.15) is 5.75 Å². The second-order valence-corrected chi connectivity index (χ2v) is 5.00. The van der Waals surface area contributed by atoms with Crippen LogP contribution in [0.15, 0.2) is 30.3 Å². The lowest BCUT2D eigenvalue weighted by molar-refractivity contribution is 0.309.